The molecule has 1 aliphatic rings. The maximum atomic E-state index is 11.4. The molecular weight excluding hydrogens is 268 g/mol. The van der Waals surface area contributed by atoms with Gasteiger partial charge in [0.25, 0.3) is 0 Å². The van der Waals surface area contributed by atoms with E-state index in [1.165, 1.54) is 0 Å². The number of carboxylic acids is 1. The van der Waals surface area contributed by atoms with E-state index >= 15 is 0 Å². The number of nitrogens with two attached hydrogens (primary N) is 1. The number of hydrogen-bond donors (Lipinski definition) is 2. The van der Waals surface area contributed by atoms with E-state index in [1.54, 1.807) is 10.9 Å². The Labute approximate surface area is 122 Å². The fraction of sp³-hybridized carbons (Fsp3) is 0.400. The normalized spacial score (nSPS) is 21.0. The van der Waals surface area contributed by atoms with Crippen LogP contribution in [-0.2, 0) is 0 Å². The minimum Gasteiger partial charge on any atom is -0.476 e. The first-order valence-electron chi connectivity index (χ1n) is 7.05. The molecule has 21 heavy (non-hydrogen) atoms. The highest BCUT2D eigenvalue weighted by Crippen LogP contribution is 2.37. The van der Waals surface area contributed by atoms with Crippen molar-refractivity contribution in [2.75, 3.05) is 6.54 Å². The molecule has 1 aliphatic carbocycles. The Kier molecular flexibility index (Phi) is 3.47. The van der Waals surface area contributed by atoms with E-state index in [1.807, 2.05) is 25.1 Å². The van der Waals surface area contributed by atoms with Crippen molar-refractivity contribution in [2.45, 2.75) is 25.8 Å². The van der Waals surface area contributed by atoms with E-state index in [-0.39, 0.29) is 11.7 Å². The Morgan fingerprint density at radius 3 is 2.86 bits per heavy atom. The molecule has 0 aliphatic heterocycles. The minimum atomic E-state index is -1.03. The van der Waals surface area contributed by atoms with Crippen LogP contribution in [0.25, 0.3) is 11.3 Å². The van der Waals surface area contributed by atoms with Gasteiger partial charge >= 0.3 is 5.97 Å². The lowest BCUT2D eigenvalue weighted by Gasteiger charge is -2.34. The van der Waals surface area contributed by atoms with Crippen LogP contribution < -0.4 is 5.73 Å². The van der Waals surface area contributed by atoms with Crippen LogP contribution in [0.3, 0.4) is 0 Å². The molecule has 3 rings (SSSR count). The Bertz CT molecular complexity index is 674. The monoisotopic (exact) mass is 286 g/mol. The number of carboxylic acid groups (broad SMARTS) is 1. The predicted molar refractivity (Wildman–Crippen MR) is 78.0 cm³/mol. The Morgan fingerprint density at radius 2 is 2.24 bits per heavy atom. The quantitative estimate of drug-likeness (QED) is 0.894. The van der Waals surface area contributed by atoms with Crippen molar-refractivity contribution in [1.82, 2.24) is 14.8 Å². The van der Waals surface area contributed by atoms with E-state index in [0.717, 1.165) is 18.5 Å². The second-order valence-corrected chi connectivity index (χ2v) is 5.57. The first-order valence-corrected chi connectivity index (χ1v) is 7.05. The summed E-state index contributed by atoms with van der Waals surface area (Å²) in [5.41, 5.74) is 7.76. The van der Waals surface area contributed by atoms with E-state index in [2.05, 4.69) is 10.1 Å². The number of aryl methyl sites for hydroxylation is 1. The van der Waals surface area contributed by atoms with Crippen molar-refractivity contribution in [3.8, 4) is 11.3 Å². The number of pyridine rings is 1. The topological polar surface area (TPSA) is 94.0 Å². The summed E-state index contributed by atoms with van der Waals surface area (Å²) in [6, 6.07) is 5.81. The van der Waals surface area contributed by atoms with Crippen molar-refractivity contribution in [3.63, 3.8) is 0 Å². The molecule has 0 saturated heterocycles. The zero-order valence-corrected chi connectivity index (χ0v) is 11.9. The zero-order valence-electron chi connectivity index (χ0n) is 11.9. The predicted octanol–water partition coefficient (Wildman–Crippen LogP) is 1.86. The molecule has 0 bridgehead atoms. The highest BCUT2D eigenvalue weighted by molar-refractivity contribution is 5.93. The maximum Gasteiger partial charge on any atom is 0.357 e. The molecule has 2 heterocycles. The smallest absolute Gasteiger partial charge is 0.357 e. The molecule has 0 atom stereocenters. The fourth-order valence-electron chi connectivity index (χ4n) is 2.73. The van der Waals surface area contributed by atoms with Gasteiger partial charge in [-0.3, -0.25) is 9.67 Å². The third-order valence-corrected chi connectivity index (χ3v) is 4.02. The van der Waals surface area contributed by atoms with Crippen LogP contribution in [0, 0.1) is 12.8 Å². The van der Waals surface area contributed by atoms with Gasteiger partial charge in [-0.1, -0.05) is 6.07 Å². The van der Waals surface area contributed by atoms with Gasteiger partial charge in [-0.25, -0.2) is 4.79 Å². The molecule has 0 spiro atoms. The van der Waals surface area contributed by atoms with Crippen LogP contribution >= 0.6 is 0 Å². The summed E-state index contributed by atoms with van der Waals surface area (Å²) >= 11 is 0. The molecule has 0 unspecified atom stereocenters. The summed E-state index contributed by atoms with van der Waals surface area (Å²) in [5.74, 6) is -0.505. The van der Waals surface area contributed by atoms with Gasteiger partial charge in [-0.15, -0.1) is 0 Å². The van der Waals surface area contributed by atoms with Crippen molar-refractivity contribution >= 4 is 5.97 Å². The third kappa shape index (κ3) is 2.54. The highest BCUT2D eigenvalue weighted by atomic mass is 16.4. The lowest BCUT2D eigenvalue weighted by atomic mass is 9.80. The first-order chi connectivity index (χ1) is 10.1. The summed E-state index contributed by atoms with van der Waals surface area (Å²) < 4.78 is 1.76. The fourth-order valence-corrected chi connectivity index (χ4v) is 2.73. The summed E-state index contributed by atoms with van der Waals surface area (Å²) in [6.45, 7) is 2.56. The van der Waals surface area contributed by atoms with E-state index in [4.69, 9.17) is 5.73 Å². The molecule has 6 nitrogen and oxygen atoms in total. The number of rotatable bonds is 4. The largest absolute Gasteiger partial charge is 0.476 e. The van der Waals surface area contributed by atoms with Crippen LogP contribution in [0.15, 0.2) is 24.4 Å². The number of hydrogen-bond acceptors (Lipinski definition) is 4. The molecule has 1 saturated carbocycles. The number of nitrogens with zero attached hydrogens (tertiary/aromatic N) is 3. The summed E-state index contributed by atoms with van der Waals surface area (Å²) in [4.78, 5) is 15.8. The minimum absolute atomic E-state index is 0.0595. The van der Waals surface area contributed by atoms with E-state index < -0.39 is 5.97 Å². The van der Waals surface area contributed by atoms with Gasteiger partial charge in [-0.05, 0) is 44.4 Å². The first kappa shape index (κ1) is 13.8. The van der Waals surface area contributed by atoms with Crippen molar-refractivity contribution in [3.05, 3.63) is 35.8 Å². The van der Waals surface area contributed by atoms with Crippen molar-refractivity contribution in [1.29, 1.82) is 0 Å². The molecule has 3 N–H and O–H groups in total. The number of aromatic carboxylic acids is 1. The zero-order chi connectivity index (χ0) is 15.0. The van der Waals surface area contributed by atoms with Gasteiger partial charge in [0.05, 0.1) is 17.3 Å². The summed E-state index contributed by atoms with van der Waals surface area (Å²) in [6.07, 6.45) is 3.71. The summed E-state index contributed by atoms with van der Waals surface area (Å²) in [5, 5.41) is 13.6. The molecule has 110 valence electrons. The lowest BCUT2D eigenvalue weighted by Crippen LogP contribution is -2.32. The summed E-state index contributed by atoms with van der Waals surface area (Å²) in [7, 11) is 0. The molecule has 2 aromatic rings. The van der Waals surface area contributed by atoms with Gasteiger partial charge in [0, 0.05) is 11.9 Å². The Balaban J connectivity index is 1.96. The van der Waals surface area contributed by atoms with Crippen LogP contribution in [0.4, 0.5) is 0 Å². The number of aromatic nitrogens is 3. The van der Waals surface area contributed by atoms with Crippen LogP contribution in [-0.4, -0.2) is 32.4 Å². The van der Waals surface area contributed by atoms with Gasteiger partial charge in [-0.2, -0.15) is 5.10 Å². The van der Waals surface area contributed by atoms with E-state index in [9.17, 15) is 9.90 Å². The second kappa shape index (κ2) is 5.29. The lowest BCUT2D eigenvalue weighted by molar-refractivity contribution is 0.0688. The van der Waals surface area contributed by atoms with Crippen LogP contribution in [0.2, 0.25) is 0 Å². The SMILES string of the molecule is Cc1cccc(-c2cn([C@H]3C[C@H](CN)C3)nc2C(=O)O)n1. The van der Waals surface area contributed by atoms with Gasteiger partial charge in [0.2, 0.25) is 0 Å². The third-order valence-electron chi connectivity index (χ3n) is 4.02. The van der Waals surface area contributed by atoms with Gasteiger partial charge < -0.3 is 10.8 Å². The average Bonchev–Trinajstić information content (AvgIpc) is 2.82. The maximum absolute atomic E-state index is 11.4. The number of carbonyl (C=O) groups is 1. The Morgan fingerprint density at radius 1 is 1.48 bits per heavy atom. The average molecular weight is 286 g/mol. The second-order valence-electron chi connectivity index (χ2n) is 5.57. The van der Waals surface area contributed by atoms with Gasteiger partial charge in [0.1, 0.15) is 0 Å². The van der Waals surface area contributed by atoms with Gasteiger partial charge in [0.15, 0.2) is 5.69 Å². The molecule has 0 amide bonds. The highest BCUT2D eigenvalue weighted by Gasteiger charge is 2.31. The molecule has 6 heteroatoms. The van der Waals surface area contributed by atoms with Crippen molar-refractivity contribution < 1.29 is 9.90 Å². The van der Waals surface area contributed by atoms with E-state index in [0.29, 0.717) is 23.7 Å². The Hall–Kier alpha value is -2.21. The molecule has 0 aromatic carbocycles. The molecule has 2 aromatic heterocycles. The van der Waals surface area contributed by atoms with Crippen LogP contribution in [0.1, 0.15) is 35.1 Å². The molecule has 0 radical (unpaired) electrons. The molecule has 1 fully saturated rings. The standard InChI is InChI=1S/C15H18N4O2/c1-9-3-2-4-13(17-9)12-8-19(18-14(12)15(20)21)11-5-10(6-11)7-16/h2-4,8,10-11H,5-7,16H2,1H3,(H,20,21)/t10-,11-. The van der Waals surface area contributed by atoms with Crippen molar-refractivity contribution in [2.24, 2.45) is 11.7 Å². The molecular formula is C15H18N4O2. The van der Waals surface area contributed by atoms with Crippen LogP contribution in [0.5, 0.6) is 0 Å².